The van der Waals surface area contributed by atoms with Crippen molar-refractivity contribution in [3.05, 3.63) is 0 Å². The zero-order chi connectivity index (χ0) is 49.0. The topological polar surface area (TPSA) is 183 Å². The van der Waals surface area contributed by atoms with Crippen LogP contribution in [0.25, 0.3) is 0 Å². The number of unbranched alkanes of at least 4 members (excludes halogenated alkanes) is 2. The second kappa shape index (κ2) is 34.6. The van der Waals surface area contributed by atoms with E-state index in [9.17, 15) is 4.79 Å². The molecule has 0 rings (SSSR count). The van der Waals surface area contributed by atoms with Crippen LogP contribution in [0.1, 0.15) is 148 Å². The minimum atomic E-state index is -3.71. The zero-order valence-corrected chi connectivity index (χ0v) is 45.0. The lowest BCUT2D eigenvalue weighted by molar-refractivity contribution is -0.255. The average molecular weight is 967 g/mol. The van der Waals surface area contributed by atoms with Gasteiger partial charge in [-0.25, -0.2) is 0 Å². The van der Waals surface area contributed by atoms with Crippen molar-refractivity contribution in [2.75, 3.05) is 42.7 Å². The minimum Gasteiger partial charge on any atom is -0.356 e. The lowest BCUT2D eigenvalue weighted by Gasteiger charge is -2.40. The van der Waals surface area contributed by atoms with Gasteiger partial charge in [0.2, 0.25) is 0 Å². The van der Waals surface area contributed by atoms with Crippen LogP contribution in [0.4, 0.5) is 0 Å². The van der Waals surface area contributed by atoms with Gasteiger partial charge in [-0.05, 0) is 109 Å². The number of hydrogen-bond donors (Lipinski definition) is 0. The molecule has 0 aromatic carbocycles. The van der Waals surface area contributed by atoms with Crippen molar-refractivity contribution in [1.82, 2.24) is 0 Å². The summed E-state index contributed by atoms with van der Waals surface area (Å²) in [6.07, 6.45) is -3.11. The predicted molar refractivity (Wildman–Crippen MR) is 241 cm³/mol. The highest BCUT2D eigenvalue weighted by molar-refractivity contribution is 6.62. The Morgan fingerprint density at radius 2 is 0.500 bits per heavy atom. The molecule has 0 radical (unpaired) electrons. The van der Waals surface area contributed by atoms with Crippen LogP contribution in [-0.4, -0.2) is 142 Å². The Labute approximate surface area is 388 Å². The summed E-state index contributed by atoms with van der Waals surface area (Å²) in [5, 5.41) is 0. The van der Waals surface area contributed by atoms with Crippen LogP contribution >= 0.6 is 0 Å². The summed E-state index contributed by atoms with van der Waals surface area (Å²) < 4.78 is 107. The third-order valence-electron chi connectivity index (χ3n) is 10.2. The lowest BCUT2D eigenvalue weighted by Crippen LogP contribution is -2.56. The van der Waals surface area contributed by atoms with E-state index in [1.54, 1.807) is 126 Å². The normalized spacial score (nSPS) is 20.9. The summed E-state index contributed by atoms with van der Waals surface area (Å²) in [4.78, 5) is 13.3. The lowest BCUT2D eigenvalue weighted by atomic mass is 10.0. The van der Waals surface area contributed by atoms with Crippen molar-refractivity contribution in [2.45, 2.75) is 235 Å². The van der Waals surface area contributed by atoms with Gasteiger partial charge in [0, 0.05) is 66.6 Å². The molecule has 0 saturated carbocycles. The monoisotopic (exact) mass is 967 g/mol. The molecule has 0 N–H and O–H groups in total. The standard InChI is InChI=1S/C43H90O19Si2/c1-29(63(57-37(9)51-31(3)45-15,58-38(10)52-32(4)46-16)59-39(11)53-33(5)47-17)25-21-23-27-43(44)28-24-22-26-30(2)64(60-40(12)54-34(6)48-18,61-41(13)55-35(7)49-19)62-42(14)56-36(8)50-20/h29-42H,21-28H2,1-20H3. The van der Waals surface area contributed by atoms with Crippen molar-refractivity contribution in [1.29, 1.82) is 0 Å². The largest absolute Gasteiger partial charge is 0.509 e. The summed E-state index contributed by atoms with van der Waals surface area (Å²) in [6.45, 7) is 25.1. The van der Waals surface area contributed by atoms with Crippen molar-refractivity contribution < 1.29 is 88.2 Å². The van der Waals surface area contributed by atoms with E-state index in [2.05, 4.69) is 0 Å². The molecule has 0 aliphatic heterocycles. The SMILES string of the molecule is COC(C)OC(C)O[Si](OC(C)OC(C)OC)(OC(C)OC(C)OC)C(C)CCCCC(=O)CCCCC(C)[Si](OC(C)OC(C)OC)(OC(C)OC(C)OC)OC(C)OC(C)OC. The molecule has 14 unspecified atom stereocenters. The van der Waals surface area contributed by atoms with Crippen LogP contribution in [-0.2, 0) is 88.2 Å². The molecule has 0 aliphatic carbocycles. The third kappa shape index (κ3) is 26.8. The highest BCUT2D eigenvalue weighted by Crippen LogP contribution is 2.37. The fraction of sp³-hybridized carbons (Fsp3) is 0.977. The number of rotatable bonds is 42. The molecule has 21 heteroatoms. The molecule has 14 atom stereocenters. The van der Waals surface area contributed by atoms with Gasteiger partial charge in [0.1, 0.15) is 5.78 Å². The molecular weight excluding hydrogens is 877 g/mol. The summed E-state index contributed by atoms with van der Waals surface area (Å²) >= 11 is 0. The third-order valence-corrected chi connectivity index (χ3v) is 17.1. The maximum atomic E-state index is 13.3. The molecule has 0 amide bonds. The average Bonchev–Trinajstić information content (AvgIpc) is 3.22. The van der Waals surface area contributed by atoms with E-state index in [1.807, 2.05) is 13.8 Å². The van der Waals surface area contributed by atoms with Gasteiger partial charge >= 0.3 is 17.6 Å². The van der Waals surface area contributed by atoms with Gasteiger partial charge in [0.05, 0.1) is 0 Å². The zero-order valence-electron chi connectivity index (χ0n) is 43.0. The van der Waals surface area contributed by atoms with Crippen molar-refractivity contribution in [2.24, 2.45) is 0 Å². The number of hydrogen-bond acceptors (Lipinski definition) is 19. The summed E-state index contributed by atoms with van der Waals surface area (Å²) in [6, 6.07) is 0. The highest BCUT2D eigenvalue weighted by atomic mass is 28.4. The smallest absolute Gasteiger partial charge is 0.356 e. The molecule has 0 aromatic heterocycles. The van der Waals surface area contributed by atoms with Crippen molar-refractivity contribution in [3.63, 3.8) is 0 Å². The number of ether oxygens (including phenoxy) is 12. The van der Waals surface area contributed by atoms with E-state index in [0.717, 1.165) is 0 Å². The molecule has 0 aliphatic rings. The predicted octanol–water partition coefficient (Wildman–Crippen LogP) is 8.56. The van der Waals surface area contributed by atoms with E-state index in [-0.39, 0.29) is 16.9 Å². The van der Waals surface area contributed by atoms with Crippen molar-refractivity contribution >= 4 is 23.4 Å². The molecule has 0 heterocycles. The quantitative estimate of drug-likeness (QED) is 0.0322. The first-order chi connectivity index (χ1) is 30.0. The van der Waals surface area contributed by atoms with Gasteiger partial charge in [0.15, 0.2) is 75.5 Å². The van der Waals surface area contributed by atoms with E-state index >= 15 is 0 Å². The number of carbonyl (C=O) groups is 1. The number of ketones is 1. The molecule has 0 fully saturated rings. The Morgan fingerprint density at radius 3 is 0.672 bits per heavy atom. The van der Waals surface area contributed by atoms with Crippen LogP contribution in [0, 0.1) is 0 Å². The van der Waals surface area contributed by atoms with Gasteiger partial charge in [-0.3, -0.25) is 4.79 Å². The summed E-state index contributed by atoms with van der Waals surface area (Å²) in [5.74, 6) is 0.170. The van der Waals surface area contributed by atoms with Crippen LogP contribution < -0.4 is 0 Å². The second-order valence-electron chi connectivity index (χ2n) is 15.8. The Bertz CT molecular complexity index is 981. The summed E-state index contributed by atoms with van der Waals surface area (Å²) in [7, 11) is 1.85. The fourth-order valence-corrected chi connectivity index (χ4v) is 12.3. The van der Waals surface area contributed by atoms with Crippen LogP contribution in [0.15, 0.2) is 0 Å². The molecule has 0 spiro atoms. The molecular formula is C43H90O19Si2. The van der Waals surface area contributed by atoms with Crippen LogP contribution in [0.3, 0.4) is 0 Å². The minimum absolute atomic E-state index is 0.170. The second-order valence-corrected chi connectivity index (χ2v) is 21.6. The van der Waals surface area contributed by atoms with Gasteiger partial charge in [0.25, 0.3) is 0 Å². The van der Waals surface area contributed by atoms with E-state index in [4.69, 9.17) is 83.4 Å². The number of Topliss-reactive ketones (excluding diaryl/α,β-unsaturated/α-hetero) is 1. The molecule has 0 aromatic rings. The number of carbonyl (C=O) groups excluding carboxylic acids is 1. The first kappa shape index (κ1) is 63.4. The summed E-state index contributed by atoms with van der Waals surface area (Å²) in [5.41, 5.74) is -0.529. The van der Waals surface area contributed by atoms with E-state index in [1.165, 1.54) is 0 Å². The van der Waals surface area contributed by atoms with Gasteiger partial charge in [-0.15, -0.1) is 0 Å². The maximum Gasteiger partial charge on any atom is 0.509 e. The fourth-order valence-electron chi connectivity index (χ4n) is 6.39. The molecule has 64 heavy (non-hydrogen) atoms. The Morgan fingerprint density at radius 1 is 0.312 bits per heavy atom. The number of methoxy groups -OCH3 is 6. The Hall–Kier alpha value is -0.616. The van der Waals surface area contributed by atoms with Gasteiger partial charge in [-0.1, -0.05) is 26.7 Å². The van der Waals surface area contributed by atoms with Crippen LogP contribution in [0.5, 0.6) is 0 Å². The molecule has 0 bridgehead atoms. The van der Waals surface area contributed by atoms with Gasteiger partial charge in [-0.2, -0.15) is 0 Å². The van der Waals surface area contributed by atoms with E-state index < -0.39 is 93.1 Å². The molecule has 19 nitrogen and oxygen atoms in total. The van der Waals surface area contributed by atoms with E-state index in [0.29, 0.717) is 51.4 Å². The van der Waals surface area contributed by atoms with Crippen LogP contribution in [0.2, 0.25) is 11.1 Å². The first-order valence-corrected chi connectivity index (χ1v) is 26.3. The Kier molecular flexibility index (Phi) is 34.3. The first-order valence-electron chi connectivity index (χ1n) is 22.7. The highest BCUT2D eigenvalue weighted by Gasteiger charge is 2.53. The van der Waals surface area contributed by atoms with Gasteiger partial charge < -0.3 is 83.4 Å². The molecule has 0 saturated heterocycles. The maximum absolute atomic E-state index is 13.3. The van der Waals surface area contributed by atoms with Crippen molar-refractivity contribution in [3.8, 4) is 0 Å². The molecule has 384 valence electrons. The Balaban J connectivity index is 6.00.